The molecule has 0 saturated heterocycles. The largest absolute Gasteiger partial charge is 0.373 e. The number of nitrogens with zero attached hydrogens (tertiary/aromatic N) is 2. The van der Waals surface area contributed by atoms with Gasteiger partial charge in [0.1, 0.15) is 11.4 Å². The van der Waals surface area contributed by atoms with Crippen LogP contribution in [-0.2, 0) is 16.8 Å². The molecule has 0 atom stereocenters. The van der Waals surface area contributed by atoms with Crippen LogP contribution in [0, 0.1) is 6.92 Å². The van der Waals surface area contributed by atoms with E-state index in [4.69, 9.17) is 4.74 Å². The van der Waals surface area contributed by atoms with Gasteiger partial charge in [-0.2, -0.15) is 0 Å². The molecule has 0 fully saturated rings. The lowest BCUT2D eigenvalue weighted by molar-refractivity contribution is 0.0114. The SMILES string of the molecule is CCc1c(C)nc(C(C)(C)OC)nc1NC. The standard InChI is InChI=1S/C12H21N3O/c1-7-9-8(2)14-11(12(3,4)16-6)15-10(9)13-5/h7H2,1-6H3,(H,13,14,15). The molecule has 0 aliphatic heterocycles. The van der Waals surface area contributed by atoms with Gasteiger partial charge in [0.05, 0.1) is 0 Å². The first-order valence-corrected chi connectivity index (χ1v) is 5.57. The third-order valence-electron chi connectivity index (χ3n) is 2.85. The van der Waals surface area contributed by atoms with E-state index in [-0.39, 0.29) is 0 Å². The molecular weight excluding hydrogens is 202 g/mol. The van der Waals surface area contributed by atoms with Crippen LogP contribution in [-0.4, -0.2) is 24.1 Å². The van der Waals surface area contributed by atoms with Crippen LogP contribution >= 0.6 is 0 Å². The minimum absolute atomic E-state index is 0.456. The second-order valence-electron chi connectivity index (χ2n) is 4.28. The van der Waals surface area contributed by atoms with Gasteiger partial charge in [0.2, 0.25) is 0 Å². The lowest BCUT2D eigenvalue weighted by atomic mass is 10.1. The summed E-state index contributed by atoms with van der Waals surface area (Å²) in [4.78, 5) is 9.04. The van der Waals surface area contributed by atoms with E-state index >= 15 is 0 Å². The van der Waals surface area contributed by atoms with Crippen LogP contribution < -0.4 is 5.32 Å². The molecule has 0 spiro atoms. The average molecular weight is 223 g/mol. The second kappa shape index (κ2) is 4.78. The number of aryl methyl sites for hydroxylation is 1. The molecule has 1 aromatic rings. The normalized spacial score (nSPS) is 11.6. The maximum Gasteiger partial charge on any atom is 0.162 e. The molecule has 4 nitrogen and oxygen atoms in total. The Morgan fingerprint density at radius 2 is 1.94 bits per heavy atom. The fraction of sp³-hybridized carbons (Fsp3) is 0.667. The maximum atomic E-state index is 5.40. The van der Waals surface area contributed by atoms with Crippen molar-refractivity contribution in [2.45, 2.75) is 39.7 Å². The Balaban J connectivity index is 3.31. The number of rotatable bonds is 4. The fourth-order valence-electron chi connectivity index (χ4n) is 1.59. The summed E-state index contributed by atoms with van der Waals surface area (Å²) in [5.41, 5.74) is 1.72. The van der Waals surface area contributed by atoms with Crippen LogP contribution in [0.5, 0.6) is 0 Å². The molecule has 1 heterocycles. The van der Waals surface area contributed by atoms with Crippen molar-refractivity contribution in [1.82, 2.24) is 9.97 Å². The van der Waals surface area contributed by atoms with Crippen molar-refractivity contribution in [1.29, 1.82) is 0 Å². The summed E-state index contributed by atoms with van der Waals surface area (Å²) >= 11 is 0. The number of aromatic nitrogens is 2. The first-order valence-electron chi connectivity index (χ1n) is 5.57. The summed E-state index contributed by atoms with van der Waals surface area (Å²) < 4.78 is 5.40. The summed E-state index contributed by atoms with van der Waals surface area (Å²) in [6, 6.07) is 0. The van der Waals surface area contributed by atoms with Gasteiger partial charge in [-0.05, 0) is 27.2 Å². The highest BCUT2D eigenvalue weighted by Crippen LogP contribution is 2.24. The average Bonchev–Trinajstić information content (AvgIpc) is 2.27. The predicted molar refractivity (Wildman–Crippen MR) is 65.7 cm³/mol. The molecular formula is C12H21N3O. The molecule has 0 aromatic carbocycles. The smallest absolute Gasteiger partial charge is 0.162 e. The number of anilines is 1. The highest BCUT2D eigenvalue weighted by Gasteiger charge is 2.25. The maximum absolute atomic E-state index is 5.40. The molecule has 16 heavy (non-hydrogen) atoms. The van der Waals surface area contributed by atoms with Crippen molar-refractivity contribution >= 4 is 5.82 Å². The van der Waals surface area contributed by atoms with Gasteiger partial charge in [-0.25, -0.2) is 9.97 Å². The molecule has 0 saturated carbocycles. The van der Waals surface area contributed by atoms with Gasteiger partial charge in [0.25, 0.3) is 0 Å². The molecule has 1 N–H and O–H groups in total. The minimum atomic E-state index is -0.456. The number of hydrogen-bond acceptors (Lipinski definition) is 4. The van der Waals surface area contributed by atoms with Crippen LogP contribution in [0.1, 0.15) is 37.9 Å². The Morgan fingerprint density at radius 3 is 2.38 bits per heavy atom. The Kier molecular flexibility index (Phi) is 3.86. The topological polar surface area (TPSA) is 47.0 Å². The first-order chi connectivity index (χ1) is 7.46. The van der Waals surface area contributed by atoms with E-state index in [0.29, 0.717) is 5.82 Å². The Bertz CT molecular complexity index is 375. The van der Waals surface area contributed by atoms with Crippen LogP contribution in [0.15, 0.2) is 0 Å². The summed E-state index contributed by atoms with van der Waals surface area (Å²) in [6.07, 6.45) is 0.926. The van der Waals surface area contributed by atoms with Gasteiger partial charge >= 0.3 is 0 Å². The molecule has 0 bridgehead atoms. The van der Waals surface area contributed by atoms with Crippen molar-refractivity contribution in [2.24, 2.45) is 0 Å². The Labute approximate surface area is 97.5 Å². The third-order valence-corrected chi connectivity index (χ3v) is 2.85. The molecule has 0 radical (unpaired) electrons. The lowest BCUT2D eigenvalue weighted by Crippen LogP contribution is -2.24. The van der Waals surface area contributed by atoms with Crippen molar-refractivity contribution in [3.05, 3.63) is 17.1 Å². The van der Waals surface area contributed by atoms with Crippen LogP contribution in [0.2, 0.25) is 0 Å². The number of ether oxygens (including phenoxy) is 1. The van der Waals surface area contributed by atoms with E-state index in [1.807, 2.05) is 27.8 Å². The summed E-state index contributed by atoms with van der Waals surface area (Å²) in [5, 5.41) is 3.12. The van der Waals surface area contributed by atoms with Crippen molar-refractivity contribution in [3.63, 3.8) is 0 Å². The minimum Gasteiger partial charge on any atom is -0.373 e. The molecule has 0 amide bonds. The summed E-state index contributed by atoms with van der Waals surface area (Å²) in [7, 11) is 3.55. The summed E-state index contributed by atoms with van der Waals surface area (Å²) in [6.45, 7) is 8.05. The third kappa shape index (κ3) is 2.32. The van der Waals surface area contributed by atoms with E-state index in [1.165, 1.54) is 0 Å². The predicted octanol–water partition coefficient (Wildman–Crippen LogP) is 2.27. The van der Waals surface area contributed by atoms with Gasteiger partial charge in [0.15, 0.2) is 5.82 Å². The van der Waals surface area contributed by atoms with Crippen LogP contribution in [0.4, 0.5) is 5.82 Å². The van der Waals surface area contributed by atoms with Crippen molar-refractivity contribution < 1.29 is 4.74 Å². The zero-order valence-electron chi connectivity index (χ0n) is 11.0. The van der Waals surface area contributed by atoms with Gasteiger partial charge < -0.3 is 10.1 Å². The molecule has 0 aliphatic carbocycles. The van der Waals surface area contributed by atoms with E-state index < -0.39 is 5.60 Å². The van der Waals surface area contributed by atoms with Crippen molar-refractivity contribution in [3.8, 4) is 0 Å². The molecule has 0 unspecified atom stereocenters. The second-order valence-corrected chi connectivity index (χ2v) is 4.28. The van der Waals surface area contributed by atoms with E-state index in [2.05, 4.69) is 22.2 Å². The fourth-order valence-corrected chi connectivity index (χ4v) is 1.59. The van der Waals surface area contributed by atoms with Crippen molar-refractivity contribution in [2.75, 3.05) is 19.5 Å². The van der Waals surface area contributed by atoms with Gasteiger partial charge in [0, 0.05) is 25.4 Å². The first kappa shape index (κ1) is 12.9. The van der Waals surface area contributed by atoms with E-state index in [9.17, 15) is 0 Å². The highest BCUT2D eigenvalue weighted by atomic mass is 16.5. The van der Waals surface area contributed by atoms with Crippen LogP contribution in [0.3, 0.4) is 0 Å². The van der Waals surface area contributed by atoms with E-state index in [0.717, 1.165) is 23.5 Å². The zero-order chi connectivity index (χ0) is 12.3. The van der Waals surface area contributed by atoms with Gasteiger partial charge in [-0.3, -0.25) is 0 Å². The zero-order valence-corrected chi connectivity index (χ0v) is 11.0. The Morgan fingerprint density at radius 1 is 1.31 bits per heavy atom. The highest BCUT2D eigenvalue weighted by molar-refractivity contribution is 5.46. The number of methoxy groups -OCH3 is 1. The van der Waals surface area contributed by atoms with E-state index in [1.54, 1.807) is 7.11 Å². The van der Waals surface area contributed by atoms with Crippen LogP contribution in [0.25, 0.3) is 0 Å². The Hall–Kier alpha value is -1.16. The quantitative estimate of drug-likeness (QED) is 0.850. The molecule has 4 heteroatoms. The summed E-state index contributed by atoms with van der Waals surface area (Å²) in [5.74, 6) is 1.61. The van der Waals surface area contributed by atoms with Gasteiger partial charge in [-0.15, -0.1) is 0 Å². The number of hydrogen-bond donors (Lipinski definition) is 1. The lowest BCUT2D eigenvalue weighted by Gasteiger charge is -2.23. The van der Waals surface area contributed by atoms with Gasteiger partial charge in [-0.1, -0.05) is 6.92 Å². The molecule has 90 valence electrons. The molecule has 1 rings (SSSR count). The number of nitrogens with one attached hydrogen (secondary N) is 1. The molecule has 1 aromatic heterocycles. The monoisotopic (exact) mass is 223 g/mol. The molecule has 0 aliphatic rings.